The summed E-state index contributed by atoms with van der Waals surface area (Å²) < 4.78 is 9.31. The smallest absolute Gasteiger partial charge is 0.194 e. The molecule has 110 heavy (non-hydrogen) atoms. The van der Waals surface area contributed by atoms with Crippen LogP contribution in [-0.4, -0.2) is 95.4 Å². The Labute approximate surface area is 716 Å². The standard InChI is InChI=1S/C5H8.C4H7N.C4H6O.C4H6S.C3H6N2.2C2H5N3.2C2H4N2O.C2H4N2S.30C2H6/c5*1-2-4-5-3-1;1-3-2-5-4-1;1-2-4-5-3-1;1-3-4-2-5-1;1-3-2-5-4-1;1-3-4-2-5-1;30*1-2/h1-2H,3-5H2;1,3,5H,2,4H2;2*1,3H,2,4H2;2,5H,1,3H2;1,5H,2H2,(H,3,4);1-2H2,(H,3,4);1,4H,2H2;1H,2H2,(H,3,4);1,4H,2H2;30*1-2H3. The average Bonchev–Trinajstić information content (AvgIpc) is 4.88. The predicted octanol–water partition coefficient (Wildman–Crippen LogP) is 33.8. The number of hydrogen-bond donors (Lipinski definition) is 8. The molecule has 0 fully saturated rings. The maximum Gasteiger partial charge on any atom is 0.194 e. The van der Waals surface area contributed by atoms with Crippen LogP contribution in [0.4, 0.5) is 0 Å². The largest absolute Gasteiger partial charge is 0.501 e. The second-order valence-electron chi connectivity index (χ2n) is 9.39. The molecule has 20 heteroatoms. The Bertz CT molecular complexity index is 742. The van der Waals surface area contributed by atoms with E-state index in [2.05, 4.69) is 118 Å². The van der Waals surface area contributed by atoms with Crippen molar-refractivity contribution in [3.05, 3.63) is 48.3 Å². The van der Waals surface area contributed by atoms with Gasteiger partial charge in [0.1, 0.15) is 13.0 Å². The van der Waals surface area contributed by atoms with E-state index in [0.717, 1.165) is 51.5 Å². The van der Waals surface area contributed by atoms with Crippen molar-refractivity contribution in [2.75, 3.05) is 64.5 Å². The van der Waals surface area contributed by atoms with Crippen LogP contribution < -0.4 is 43.4 Å². The molecule has 0 bridgehead atoms. The van der Waals surface area contributed by atoms with E-state index in [1.807, 2.05) is 446 Å². The van der Waals surface area contributed by atoms with Gasteiger partial charge in [0, 0.05) is 37.9 Å². The molecule has 0 amide bonds. The molecule has 9 aliphatic heterocycles. The third-order valence-electron chi connectivity index (χ3n) is 5.35. The summed E-state index contributed by atoms with van der Waals surface area (Å²) in [5, 5.41) is 23.1. The van der Waals surface area contributed by atoms with Crippen LogP contribution in [0.2, 0.25) is 0 Å². The van der Waals surface area contributed by atoms with Crippen LogP contribution in [0.15, 0.2) is 83.9 Å². The topological polar surface area (TPSA) is 210 Å². The minimum absolute atomic E-state index is 0.458. The van der Waals surface area contributed by atoms with Crippen LogP contribution in [-0.2, 0) is 14.3 Å². The number of rotatable bonds is 0. The molecular formula is C90H235N15O3S2. The van der Waals surface area contributed by atoms with E-state index in [1.165, 1.54) is 50.6 Å². The van der Waals surface area contributed by atoms with Gasteiger partial charge in [0.05, 0.1) is 43.7 Å². The van der Waals surface area contributed by atoms with Crippen LogP contribution >= 0.6 is 23.5 Å². The van der Waals surface area contributed by atoms with Crippen molar-refractivity contribution in [2.24, 2.45) is 35.6 Å². The number of hydrazine groups is 1. The summed E-state index contributed by atoms with van der Waals surface area (Å²) in [6, 6.07) is 0. The Morgan fingerprint density at radius 2 is 0.782 bits per heavy atom. The number of thioether (sulfide) groups is 2. The fraction of sp³-hybridized carbons (Fsp3) is 0.856. The van der Waals surface area contributed by atoms with Crippen molar-refractivity contribution in [1.82, 2.24) is 43.4 Å². The fourth-order valence-corrected chi connectivity index (χ4v) is 4.10. The first-order valence-electron chi connectivity index (χ1n) is 46.4. The van der Waals surface area contributed by atoms with Gasteiger partial charge in [-0.1, -0.05) is 457 Å². The average molecular weight is 1640 g/mol. The van der Waals surface area contributed by atoms with Gasteiger partial charge in [-0.2, -0.15) is 15.3 Å². The van der Waals surface area contributed by atoms with Gasteiger partial charge in [-0.15, -0.1) is 16.9 Å². The number of nitrogens with one attached hydrogen (secondary N) is 8. The van der Waals surface area contributed by atoms with Crippen molar-refractivity contribution in [1.29, 1.82) is 0 Å². The highest BCUT2D eigenvalue weighted by Gasteiger charge is 1.88. The van der Waals surface area contributed by atoms with Gasteiger partial charge in [0.25, 0.3) is 0 Å². The number of aliphatic imine (C=N–C) groups is 2. The molecule has 0 unspecified atom stereocenters. The molecule has 0 aromatic carbocycles. The van der Waals surface area contributed by atoms with E-state index in [1.54, 1.807) is 29.9 Å². The molecule has 1 aliphatic carbocycles. The van der Waals surface area contributed by atoms with Gasteiger partial charge in [-0.3, -0.25) is 31.6 Å². The number of ether oxygens (including phenoxy) is 2. The molecule has 0 radical (unpaired) electrons. The summed E-state index contributed by atoms with van der Waals surface area (Å²) in [7, 11) is 0. The Kier molecular flexibility index (Phi) is 991. The van der Waals surface area contributed by atoms with Crippen molar-refractivity contribution in [3.63, 3.8) is 0 Å². The van der Waals surface area contributed by atoms with Crippen LogP contribution in [0.25, 0.3) is 0 Å². The van der Waals surface area contributed by atoms with Crippen LogP contribution in [0, 0.1) is 0 Å². The minimum atomic E-state index is 0.458. The number of nitrogens with zero attached hydrogens (tertiary/aromatic N) is 7. The Hall–Kier alpha value is -4.27. The maximum absolute atomic E-state index is 4.76. The van der Waals surface area contributed by atoms with Crippen LogP contribution in [0.3, 0.4) is 0 Å². The van der Waals surface area contributed by atoms with Crippen LogP contribution in [0.5, 0.6) is 0 Å². The van der Waals surface area contributed by atoms with Crippen molar-refractivity contribution < 1.29 is 14.3 Å². The molecule has 9 heterocycles. The quantitative estimate of drug-likeness (QED) is 0.106. The van der Waals surface area contributed by atoms with E-state index < -0.39 is 0 Å². The van der Waals surface area contributed by atoms with Gasteiger partial charge >= 0.3 is 0 Å². The Balaban J connectivity index is -0.0000000215. The first-order chi connectivity index (χ1) is 55.0. The molecule has 0 saturated carbocycles. The van der Waals surface area contributed by atoms with E-state index in [0.29, 0.717) is 20.1 Å². The van der Waals surface area contributed by atoms with Gasteiger partial charge in [-0.05, 0) is 49.8 Å². The SMILES string of the molecule is C1=CCCC1.C1=CNCC1.C1=COCC1.C1=CSCC1.C1=NCNN1.C1=NCON1.C1=NNCC1.C1=NNCO1.C1=NNCS1.C1CNN=N1.CC.CC.CC.CC.CC.CC.CC.CC.CC.CC.CC.CC.CC.CC.CC.CC.CC.CC.CC.CC.CC.CC.CC.CC.CC.CC.CC.CC.CC.CC. The molecule has 700 valence electrons. The van der Waals surface area contributed by atoms with E-state index in [-0.39, 0.29) is 0 Å². The number of hydrogen-bond acceptors (Lipinski definition) is 20. The molecule has 18 nitrogen and oxygen atoms in total. The number of hydrazone groups is 3. The number of allylic oxidation sites excluding steroid dienone is 3. The van der Waals surface area contributed by atoms with E-state index >= 15 is 0 Å². The second-order valence-corrected chi connectivity index (χ2v) is 11.2. The van der Waals surface area contributed by atoms with Crippen molar-refractivity contribution in [2.45, 2.75) is 460 Å². The highest BCUT2D eigenvalue weighted by atomic mass is 32.2. The molecule has 0 spiro atoms. The molecule has 0 aromatic heterocycles. The lowest BCUT2D eigenvalue weighted by molar-refractivity contribution is 0.117. The maximum atomic E-state index is 4.76. The zero-order valence-electron chi connectivity index (χ0n) is 88.7. The van der Waals surface area contributed by atoms with E-state index in [9.17, 15) is 0 Å². The third kappa shape index (κ3) is 523. The molecule has 0 aromatic rings. The lowest BCUT2D eigenvalue weighted by atomic mass is 10.4. The summed E-state index contributed by atoms with van der Waals surface area (Å²) in [6.07, 6.45) is 29.6. The third-order valence-corrected chi connectivity index (χ3v) is 6.76. The fourth-order valence-electron chi connectivity index (χ4n) is 3.05. The first-order valence-corrected chi connectivity index (χ1v) is 48.5. The number of hydroxylamine groups is 1. The molecule has 0 atom stereocenters. The van der Waals surface area contributed by atoms with E-state index in [4.69, 9.17) is 4.74 Å². The monoisotopic (exact) mass is 1640 g/mol. The molecule has 8 N–H and O–H groups in total. The summed E-state index contributed by atoms with van der Waals surface area (Å²) in [6.45, 7) is 127. The van der Waals surface area contributed by atoms with Gasteiger partial charge < -0.3 is 25.6 Å². The summed E-state index contributed by atoms with van der Waals surface area (Å²) in [4.78, 5) is 11.8. The van der Waals surface area contributed by atoms with Gasteiger partial charge in [-0.25, -0.2) is 10.4 Å². The lowest BCUT2D eigenvalue weighted by Gasteiger charge is -1.80. The van der Waals surface area contributed by atoms with Gasteiger partial charge in [0.2, 0.25) is 0 Å². The van der Waals surface area contributed by atoms with Crippen LogP contribution in [0.1, 0.15) is 460 Å². The first kappa shape index (κ1) is 202. The molecule has 10 rings (SSSR count). The normalized spacial score (nSPS) is 10.4. The highest BCUT2D eigenvalue weighted by Crippen LogP contribution is 2.11. The molecular weight excluding hydrogens is 1400 g/mol. The van der Waals surface area contributed by atoms with Crippen molar-refractivity contribution >= 4 is 54.4 Å². The Morgan fingerprint density at radius 1 is 0.345 bits per heavy atom. The lowest BCUT2D eigenvalue weighted by Crippen LogP contribution is -2.22. The zero-order valence-corrected chi connectivity index (χ0v) is 90.3. The zero-order chi connectivity index (χ0) is 95.4. The molecule has 10 aliphatic rings. The van der Waals surface area contributed by atoms with Gasteiger partial charge in [0.15, 0.2) is 19.9 Å². The second kappa shape index (κ2) is 539. The summed E-state index contributed by atoms with van der Waals surface area (Å²) in [5.41, 5.74) is 20.4. The summed E-state index contributed by atoms with van der Waals surface area (Å²) >= 11 is 3.56. The van der Waals surface area contributed by atoms with Crippen molar-refractivity contribution in [3.8, 4) is 0 Å². The molecule has 0 saturated heterocycles. The predicted molar refractivity (Wildman–Crippen MR) is 549 cm³/mol. The summed E-state index contributed by atoms with van der Waals surface area (Å²) in [5.74, 6) is 2.25. The highest BCUT2D eigenvalue weighted by molar-refractivity contribution is 8.12. The minimum Gasteiger partial charge on any atom is -0.501 e. The Morgan fingerprint density at radius 3 is 0.873 bits per heavy atom.